The normalized spacial score (nSPS) is 11.5. The van der Waals surface area contributed by atoms with Crippen molar-refractivity contribution in [2.45, 2.75) is 25.3 Å². The van der Waals surface area contributed by atoms with Crippen LogP contribution in [0.4, 0.5) is 0 Å². The maximum atomic E-state index is 12.7. The van der Waals surface area contributed by atoms with Crippen molar-refractivity contribution in [1.29, 1.82) is 0 Å². The third-order valence-electron chi connectivity index (χ3n) is 4.14. The van der Waals surface area contributed by atoms with Crippen molar-refractivity contribution >= 4 is 10.0 Å². The van der Waals surface area contributed by atoms with E-state index in [0.717, 1.165) is 11.3 Å². The molecule has 0 amide bonds. The summed E-state index contributed by atoms with van der Waals surface area (Å²) in [4.78, 5) is 4.31. The van der Waals surface area contributed by atoms with Gasteiger partial charge in [-0.2, -0.15) is 0 Å². The van der Waals surface area contributed by atoms with Crippen molar-refractivity contribution in [3.8, 4) is 11.4 Å². The molecular weight excluding hydrogens is 350 g/mol. The second-order valence-corrected chi connectivity index (χ2v) is 7.76. The van der Waals surface area contributed by atoms with E-state index in [4.69, 9.17) is 4.74 Å². The van der Waals surface area contributed by atoms with Gasteiger partial charge in [0.25, 0.3) is 0 Å². The highest BCUT2D eigenvalue weighted by Gasteiger charge is 2.20. The Kier molecular flexibility index (Phi) is 5.11. The van der Waals surface area contributed by atoms with Crippen molar-refractivity contribution in [3.63, 3.8) is 0 Å². The summed E-state index contributed by atoms with van der Waals surface area (Å²) in [6, 6.07) is 11.1. The van der Waals surface area contributed by atoms with E-state index in [2.05, 4.69) is 9.71 Å². The molecule has 0 bridgehead atoms. The lowest BCUT2D eigenvalue weighted by Crippen LogP contribution is -2.24. The molecule has 0 radical (unpaired) electrons. The number of rotatable bonds is 6. The van der Waals surface area contributed by atoms with Gasteiger partial charge in [-0.15, -0.1) is 0 Å². The van der Waals surface area contributed by atoms with E-state index in [1.807, 2.05) is 35.0 Å². The number of imidazole rings is 1. The van der Waals surface area contributed by atoms with E-state index in [-0.39, 0.29) is 6.54 Å². The minimum Gasteiger partial charge on any atom is -0.497 e. The van der Waals surface area contributed by atoms with Crippen LogP contribution in [0.5, 0.6) is 5.75 Å². The zero-order chi connectivity index (χ0) is 18.7. The molecule has 2 aromatic carbocycles. The molecule has 0 aliphatic heterocycles. The second kappa shape index (κ2) is 7.31. The Labute approximate surface area is 153 Å². The average molecular weight is 371 g/mol. The van der Waals surface area contributed by atoms with E-state index in [1.165, 1.54) is 0 Å². The molecule has 0 spiro atoms. The molecule has 0 atom stereocenters. The summed E-state index contributed by atoms with van der Waals surface area (Å²) in [6.07, 6.45) is 5.28. The van der Waals surface area contributed by atoms with Crippen LogP contribution in [0.25, 0.3) is 5.69 Å². The minimum atomic E-state index is -3.62. The molecule has 0 aliphatic carbocycles. The number of hydrogen-bond acceptors (Lipinski definition) is 4. The maximum absolute atomic E-state index is 12.7. The predicted molar refractivity (Wildman–Crippen MR) is 100 cm³/mol. The Hall–Kier alpha value is -2.64. The van der Waals surface area contributed by atoms with Crippen LogP contribution in [0, 0.1) is 13.8 Å². The smallest absolute Gasteiger partial charge is 0.241 e. The van der Waals surface area contributed by atoms with Crippen LogP contribution < -0.4 is 9.46 Å². The van der Waals surface area contributed by atoms with Gasteiger partial charge >= 0.3 is 0 Å². The highest BCUT2D eigenvalue weighted by atomic mass is 32.2. The second-order valence-electron chi connectivity index (χ2n) is 6.05. The molecule has 1 heterocycles. The first-order valence-electron chi connectivity index (χ1n) is 8.13. The molecule has 136 valence electrons. The highest BCUT2D eigenvalue weighted by molar-refractivity contribution is 7.89. The molecule has 0 unspecified atom stereocenters. The van der Waals surface area contributed by atoms with Crippen molar-refractivity contribution in [1.82, 2.24) is 14.3 Å². The van der Waals surface area contributed by atoms with Gasteiger partial charge in [0.1, 0.15) is 5.75 Å². The number of ether oxygens (including phenoxy) is 1. The average Bonchev–Trinajstić information content (AvgIpc) is 3.14. The topological polar surface area (TPSA) is 73.2 Å². The molecule has 6 nitrogen and oxygen atoms in total. The monoisotopic (exact) mass is 371 g/mol. The lowest BCUT2D eigenvalue weighted by molar-refractivity contribution is 0.413. The van der Waals surface area contributed by atoms with E-state index in [9.17, 15) is 8.42 Å². The van der Waals surface area contributed by atoms with Gasteiger partial charge in [-0.1, -0.05) is 12.1 Å². The molecule has 3 rings (SSSR count). The van der Waals surface area contributed by atoms with E-state index >= 15 is 0 Å². The van der Waals surface area contributed by atoms with Gasteiger partial charge in [-0.3, -0.25) is 0 Å². The minimum absolute atomic E-state index is 0.220. The summed E-state index contributed by atoms with van der Waals surface area (Å²) in [6.45, 7) is 3.76. The molecule has 0 saturated carbocycles. The highest BCUT2D eigenvalue weighted by Crippen LogP contribution is 2.25. The number of sulfonamides is 1. The maximum Gasteiger partial charge on any atom is 0.241 e. The third-order valence-corrected chi connectivity index (χ3v) is 5.85. The molecule has 26 heavy (non-hydrogen) atoms. The van der Waals surface area contributed by atoms with E-state index < -0.39 is 10.0 Å². The number of hydrogen-bond donors (Lipinski definition) is 1. The molecule has 0 aliphatic rings. The number of nitrogens with zero attached hydrogens (tertiary/aromatic N) is 2. The first kappa shape index (κ1) is 18.2. The number of methoxy groups -OCH3 is 1. The zero-order valence-electron chi connectivity index (χ0n) is 14.9. The van der Waals surface area contributed by atoms with Crippen LogP contribution in [0.3, 0.4) is 0 Å². The largest absolute Gasteiger partial charge is 0.497 e. The Morgan fingerprint density at radius 3 is 2.31 bits per heavy atom. The molecule has 0 fully saturated rings. The quantitative estimate of drug-likeness (QED) is 0.723. The Morgan fingerprint density at radius 1 is 1.12 bits per heavy atom. The van der Waals surface area contributed by atoms with Gasteiger partial charge in [0.15, 0.2) is 0 Å². The summed E-state index contributed by atoms with van der Waals surface area (Å²) in [5.41, 5.74) is 3.16. The van der Waals surface area contributed by atoms with Gasteiger partial charge in [0.2, 0.25) is 10.0 Å². The molecule has 1 aromatic heterocycles. The van der Waals surface area contributed by atoms with Gasteiger partial charge in [0.05, 0.1) is 18.3 Å². The summed E-state index contributed by atoms with van der Waals surface area (Å²) in [7, 11) is -2.06. The van der Waals surface area contributed by atoms with E-state index in [0.29, 0.717) is 21.8 Å². The van der Waals surface area contributed by atoms with E-state index in [1.54, 1.807) is 45.6 Å². The Bertz CT molecular complexity index is 972. The lowest BCUT2D eigenvalue weighted by atomic mass is 10.1. The third kappa shape index (κ3) is 3.79. The van der Waals surface area contributed by atoms with Gasteiger partial charge in [-0.25, -0.2) is 18.1 Å². The van der Waals surface area contributed by atoms with Gasteiger partial charge in [0, 0.05) is 24.6 Å². The fraction of sp³-hybridized carbons (Fsp3) is 0.211. The standard InChI is InChI=1S/C19H21N3O3S/c1-14-10-18(25-3)11-15(2)19(14)26(23,24)21-12-16-4-6-17(7-5-16)22-9-8-20-13-22/h4-11,13,21H,12H2,1-3H3. The molecule has 3 aromatic rings. The van der Waals surface area contributed by atoms with Gasteiger partial charge in [-0.05, 0) is 54.8 Å². The molecular formula is C19H21N3O3S. The fourth-order valence-corrected chi connectivity index (χ4v) is 4.37. The molecule has 7 heteroatoms. The summed E-state index contributed by atoms with van der Waals surface area (Å²) in [5.74, 6) is 0.647. The number of aromatic nitrogens is 2. The number of aryl methyl sites for hydroxylation is 2. The van der Waals surface area contributed by atoms with Crippen LogP contribution in [-0.2, 0) is 16.6 Å². The zero-order valence-corrected chi connectivity index (χ0v) is 15.7. The lowest BCUT2D eigenvalue weighted by Gasteiger charge is -2.14. The van der Waals surface area contributed by atoms with Crippen LogP contribution in [0.15, 0.2) is 60.0 Å². The Morgan fingerprint density at radius 2 is 1.77 bits per heavy atom. The van der Waals surface area contributed by atoms with Crippen molar-refractivity contribution in [3.05, 3.63) is 71.8 Å². The Balaban J connectivity index is 1.77. The predicted octanol–water partition coefficient (Wildman–Crippen LogP) is 2.98. The van der Waals surface area contributed by atoms with Crippen molar-refractivity contribution in [2.75, 3.05) is 7.11 Å². The van der Waals surface area contributed by atoms with Crippen LogP contribution in [0.2, 0.25) is 0 Å². The van der Waals surface area contributed by atoms with Gasteiger partial charge < -0.3 is 9.30 Å². The summed E-state index contributed by atoms with van der Waals surface area (Å²) in [5, 5.41) is 0. The first-order valence-corrected chi connectivity index (χ1v) is 9.61. The van der Waals surface area contributed by atoms with Crippen molar-refractivity contribution < 1.29 is 13.2 Å². The first-order chi connectivity index (χ1) is 12.4. The van der Waals surface area contributed by atoms with Crippen LogP contribution in [0.1, 0.15) is 16.7 Å². The fourth-order valence-electron chi connectivity index (χ4n) is 2.90. The summed E-state index contributed by atoms with van der Waals surface area (Å²) >= 11 is 0. The number of benzene rings is 2. The van der Waals surface area contributed by atoms with Crippen molar-refractivity contribution in [2.24, 2.45) is 0 Å². The molecule has 1 N–H and O–H groups in total. The summed E-state index contributed by atoms with van der Waals surface area (Å²) < 4.78 is 35.2. The number of nitrogens with one attached hydrogen (secondary N) is 1. The molecule has 0 saturated heterocycles. The SMILES string of the molecule is COc1cc(C)c(S(=O)(=O)NCc2ccc(-n3ccnc3)cc2)c(C)c1. The van der Waals surface area contributed by atoms with Crippen LogP contribution in [-0.4, -0.2) is 25.1 Å². The van der Waals surface area contributed by atoms with Crippen LogP contribution >= 0.6 is 0 Å².